The lowest BCUT2D eigenvalue weighted by Crippen LogP contribution is -2.47. The first kappa shape index (κ1) is 19.2. The molecule has 7 rings (SSSR count). The Labute approximate surface area is 185 Å². The zero-order valence-corrected chi connectivity index (χ0v) is 18.8. The summed E-state index contributed by atoms with van der Waals surface area (Å²) in [4.78, 5) is 16.9. The number of nitrogens with one attached hydrogen (secondary N) is 1. The molecule has 1 aliphatic heterocycles. The van der Waals surface area contributed by atoms with E-state index in [0.717, 1.165) is 61.5 Å². The zero-order chi connectivity index (χ0) is 21.0. The number of rotatable bonds is 5. The number of piperazine rings is 1. The standard InChI is InChI=1S/C25H34N6/c1-29(2)23-15-22(28-25-16-18-12-19(17-25)14-20(25)13-18)26-24(27-23)31-10-8-30(9-11-31)21-6-4-3-5-7-21/h3-7,15,18-20H,8-14,16-17H2,1-2H3,(H,26,27,28). The molecule has 0 amide bonds. The Kier molecular flexibility index (Phi) is 4.51. The van der Waals surface area contributed by atoms with Gasteiger partial charge in [0.1, 0.15) is 11.6 Å². The van der Waals surface area contributed by atoms with Crippen LogP contribution in [0.3, 0.4) is 0 Å². The van der Waals surface area contributed by atoms with Crippen LogP contribution in [0.15, 0.2) is 36.4 Å². The minimum absolute atomic E-state index is 0.287. The average molecular weight is 419 g/mol. The molecule has 1 N–H and O–H groups in total. The summed E-state index contributed by atoms with van der Waals surface area (Å²) in [5.41, 5.74) is 1.59. The van der Waals surface area contributed by atoms with E-state index in [4.69, 9.17) is 9.97 Å². The Morgan fingerprint density at radius 3 is 2.26 bits per heavy atom. The first-order valence-corrected chi connectivity index (χ1v) is 12.0. The molecule has 1 aromatic heterocycles. The van der Waals surface area contributed by atoms with Crippen LogP contribution >= 0.6 is 0 Å². The Morgan fingerprint density at radius 1 is 0.903 bits per heavy atom. The minimum Gasteiger partial charge on any atom is -0.368 e. The van der Waals surface area contributed by atoms with Crippen molar-refractivity contribution in [2.75, 3.05) is 60.3 Å². The minimum atomic E-state index is 0.287. The monoisotopic (exact) mass is 418 g/mol. The third kappa shape index (κ3) is 3.40. The van der Waals surface area contributed by atoms with Crippen molar-refractivity contribution in [2.45, 2.75) is 37.6 Å². The third-order valence-electron chi connectivity index (χ3n) is 8.21. The molecule has 4 bridgehead atoms. The van der Waals surface area contributed by atoms with E-state index in [9.17, 15) is 0 Å². The van der Waals surface area contributed by atoms with Crippen LogP contribution in [0.1, 0.15) is 32.1 Å². The van der Waals surface area contributed by atoms with E-state index in [-0.39, 0.29) is 5.54 Å². The quantitative estimate of drug-likeness (QED) is 0.796. The van der Waals surface area contributed by atoms with Crippen LogP contribution in [-0.4, -0.2) is 55.8 Å². The molecular weight excluding hydrogens is 384 g/mol. The Bertz CT molecular complexity index is 922. The molecule has 4 saturated carbocycles. The number of benzene rings is 1. The molecule has 5 aliphatic rings. The number of hydrogen-bond acceptors (Lipinski definition) is 6. The third-order valence-corrected chi connectivity index (χ3v) is 8.21. The van der Waals surface area contributed by atoms with Gasteiger partial charge in [-0.25, -0.2) is 0 Å². The summed E-state index contributed by atoms with van der Waals surface area (Å²) in [5.74, 6) is 5.60. The molecule has 6 nitrogen and oxygen atoms in total. The largest absolute Gasteiger partial charge is 0.368 e. The summed E-state index contributed by atoms with van der Waals surface area (Å²) in [6, 6.07) is 12.9. The lowest BCUT2D eigenvalue weighted by molar-refractivity contribution is 0.274. The summed E-state index contributed by atoms with van der Waals surface area (Å²) >= 11 is 0. The van der Waals surface area contributed by atoms with E-state index < -0.39 is 0 Å². The van der Waals surface area contributed by atoms with Crippen molar-refractivity contribution in [3.05, 3.63) is 36.4 Å². The van der Waals surface area contributed by atoms with Gasteiger partial charge >= 0.3 is 0 Å². The average Bonchev–Trinajstić information content (AvgIpc) is 3.16. The van der Waals surface area contributed by atoms with E-state index in [2.05, 4.69) is 70.5 Å². The molecule has 1 aromatic carbocycles. The maximum Gasteiger partial charge on any atom is 0.229 e. The summed E-state index contributed by atoms with van der Waals surface area (Å²) in [7, 11) is 4.15. The highest BCUT2D eigenvalue weighted by Gasteiger charge is 2.57. The smallest absolute Gasteiger partial charge is 0.229 e. The van der Waals surface area contributed by atoms with Crippen LogP contribution in [0, 0.1) is 17.8 Å². The fourth-order valence-corrected chi connectivity index (χ4v) is 6.92. The van der Waals surface area contributed by atoms with Crippen LogP contribution in [0.4, 0.5) is 23.3 Å². The molecule has 5 fully saturated rings. The van der Waals surface area contributed by atoms with Crippen molar-refractivity contribution in [1.82, 2.24) is 9.97 Å². The normalized spacial score (nSPS) is 31.4. The van der Waals surface area contributed by atoms with Gasteiger partial charge in [0.15, 0.2) is 0 Å². The van der Waals surface area contributed by atoms with Crippen molar-refractivity contribution in [1.29, 1.82) is 0 Å². The highest BCUT2D eigenvalue weighted by atomic mass is 15.3. The molecule has 1 saturated heterocycles. The van der Waals surface area contributed by atoms with Crippen molar-refractivity contribution in [3.63, 3.8) is 0 Å². The highest BCUT2D eigenvalue weighted by molar-refractivity contribution is 5.56. The maximum atomic E-state index is 5.05. The first-order chi connectivity index (χ1) is 15.1. The van der Waals surface area contributed by atoms with Gasteiger partial charge in [0.05, 0.1) is 0 Å². The van der Waals surface area contributed by atoms with Crippen molar-refractivity contribution in [2.24, 2.45) is 17.8 Å². The van der Waals surface area contributed by atoms with Gasteiger partial charge in [-0.3, -0.25) is 0 Å². The van der Waals surface area contributed by atoms with Crippen LogP contribution < -0.4 is 20.0 Å². The summed E-state index contributed by atoms with van der Waals surface area (Å²) in [6.45, 7) is 3.89. The van der Waals surface area contributed by atoms with Crippen LogP contribution in [-0.2, 0) is 0 Å². The SMILES string of the molecule is CN(C)c1cc(NC23CC4CC(CC2C4)C3)nc(N2CCN(c3ccccc3)CC2)n1. The van der Waals surface area contributed by atoms with E-state index in [1.54, 1.807) is 0 Å². The number of para-hydroxylation sites is 1. The number of hydrogen-bond donors (Lipinski definition) is 1. The molecule has 6 heteroatoms. The second-order valence-electron chi connectivity index (χ2n) is 10.4. The van der Waals surface area contributed by atoms with Crippen molar-refractivity contribution in [3.8, 4) is 0 Å². The fourth-order valence-electron chi connectivity index (χ4n) is 6.92. The fraction of sp³-hybridized carbons (Fsp3) is 0.600. The number of nitrogens with zero attached hydrogens (tertiary/aromatic N) is 5. The Hall–Kier alpha value is -2.50. The number of aromatic nitrogens is 2. The lowest BCUT2D eigenvalue weighted by atomic mass is 9.80. The molecule has 0 radical (unpaired) electrons. The molecule has 4 aliphatic carbocycles. The molecular formula is C25H34N6. The van der Waals surface area contributed by atoms with Crippen molar-refractivity contribution < 1.29 is 0 Å². The maximum absolute atomic E-state index is 5.05. The summed E-state index contributed by atoms with van der Waals surface area (Å²) in [5, 5.41) is 3.97. The van der Waals surface area contributed by atoms with Gasteiger partial charge in [0.25, 0.3) is 0 Å². The summed E-state index contributed by atoms with van der Waals surface area (Å²) in [6.07, 6.45) is 6.97. The topological polar surface area (TPSA) is 47.5 Å². The van der Waals surface area contributed by atoms with Gasteiger partial charge < -0.3 is 20.0 Å². The predicted octanol–water partition coefficient (Wildman–Crippen LogP) is 3.86. The second-order valence-corrected chi connectivity index (χ2v) is 10.4. The summed E-state index contributed by atoms with van der Waals surface area (Å²) < 4.78 is 0. The Morgan fingerprint density at radius 2 is 1.58 bits per heavy atom. The molecule has 0 spiro atoms. The van der Waals surface area contributed by atoms with Gasteiger partial charge in [0.2, 0.25) is 5.95 Å². The van der Waals surface area contributed by atoms with Crippen LogP contribution in [0.2, 0.25) is 0 Å². The van der Waals surface area contributed by atoms with Gasteiger partial charge in [-0.15, -0.1) is 0 Å². The molecule has 2 heterocycles. The van der Waals surface area contributed by atoms with E-state index in [0.29, 0.717) is 0 Å². The van der Waals surface area contributed by atoms with E-state index >= 15 is 0 Å². The van der Waals surface area contributed by atoms with Gasteiger partial charge in [-0.05, 0) is 62.0 Å². The van der Waals surface area contributed by atoms with Crippen LogP contribution in [0.5, 0.6) is 0 Å². The molecule has 2 aromatic rings. The predicted molar refractivity (Wildman–Crippen MR) is 127 cm³/mol. The van der Waals surface area contributed by atoms with Gasteiger partial charge in [0, 0.05) is 57.6 Å². The van der Waals surface area contributed by atoms with Crippen molar-refractivity contribution >= 4 is 23.3 Å². The second kappa shape index (κ2) is 7.28. The van der Waals surface area contributed by atoms with Gasteiger partial charge in [-0.2, -0.15) is 9.97 Å². The van der Waals surface area contributed by atoms with E-state index in [1.807, 2.05) is 0 Å². The van der Waals surface area contributed by atoms with Crippen LogP contribution in [0.25, 0.3) is 0 Å². The molecule has 31 heavy (non-hydrogen) atoms. The lowest BCUT2D eigenvalue weighted by Gasteiger charge is -2.37. The number of anilines is 4. The highest BCUT2D eigenvalue weighted by Crippen LogP contribution is 2.61. The first-order valence-electron chi connectivity index (χ1n) is 12.0. The zero-order valence-electron chi connectivity index (χ0n) is 18.8. The van der Waals surface area contributed by atoms with Gasteiger partial charge in [-0.1, -0.05) is 18.2 Å². The Balaban J connectivity index is 1.22. The molecule has 2 unspecified atom stereocenters. The molecule has 2 atom stereocenters. The molecule has 164 valence electrons. The van der Waals surface area contributed by atoms with E-state index in [1.165, 1.54) is 37.8 Å².